The molecule has 0 saturated heterocycles. The van der Waals surface area contributed by atoms with E-state index in [2.05, 4.69) is 113 Å². The molecular formula is C39H34N4. The highest BCUT2D eigenvalue weighted by Crippen LogP contribution is 2.36. The Kier molecular flexibility index (Phi) is 6.50. The number of fused-ring (bicyclic) bond motifs is 4. The first-order chi connectivity index (χ1) is 20.8. The van der Waals surface area contributed by atoms with Crippen LogP contribution in [0.2, 0.25) is 0 Å². The Morgan fingerprint density at radius 3 is 1.93 bits per heavy atom. The van der Waals surface area contributed by atoms with E-state index in [4.69, 9.17) is 19.9 Å². The molecule has 210 valence electrons. The van der Waals surface area contributed by atoms with Crippen molar-refractivity contribution in [3.63, 3.8) is 0 Å². The Morgan fingerprint density at radius 1 is 0.581 bits per heavy atom. The van der Waals surface area contributed by atoms with Crippen molar-refractivity contribution in [1.82, 2.24) is 19.9 Å². The Balaban J connectivity index is 1.37. The van der Waals surface area contributed by atoms with E-state index in [-0.39, 0.29) is 5.41 Å². The summed E-state index contributed by atoms with van der Waals surface area (Å²) in [6.07, 6.45) is 1.97. The lowest BCUT2D eigenvalue weighted by Crippen LogP contribution is -2.15. The fraction of sp³-hybridized carbons (Fsp3) is 0.179. The minimum absolute atomic E-state index is 0.152. The third-order valence-electron chi connectivity index (χ3n) is 8.11. The monoisotopic (exact) mass is 558 g/mol. The molecule has 0 bridgehead atoms. The van der Waals surface area contributed by atoms with Crippen LogP contribution in [0.25, 0.3) is 66.5 Å². The highest BCUT2D eigenvalue weighted by Gasteiger charge is 2.22. The average Bonchev–Trinajstić information content (AvgIpc) is 3.03. The second kappa shape index (κ2) is 10.4. The number of rotatable bonds is 4. The van der Waals surface area contributed by atoms with Crippen LogP contribution in [0.15, 0.2) is 109 Å². The molecule has 0 radical (unpaired) electrons. The molecule has 3 aromatic heterocycles. The molecule has 0 aliphatic heterocycles. The van der Waals surface area contributed by atoms with E-state index in [1.54, 1.807) is 0 Å². The molecule has 0 unspecified atom stereocenters. The molecule has 0 fully saturated rings. The predicted octanol–water partition coefficient (Wildman–Crippen LogP) is 10.1. The lowest BCUT2D eigenvalue weighted by Gasteiger charge is -2.21. The summed E-state index contributed by atoms with van der Waals surface area (Å²) < 4.78 is 0. The second-order valence-corrected chi connectivity index (χ2v) is 12.6. The van der Waals surface area contributed by atoms with Crippen LogP contribution in [-0.4, -0.2) is 19.9 Å². The maximum atomic E-state index is 5.23. The van der Waals surface area contributed by atoms with Crippen LogP contribution in [0.4, 0.5) is 0 Å². The number of hydrogen-bond donors (Lipinski definition) is 0. The number of pyridine rings is 2. The summed E-state index contributed by atoms with van der Waals surface area (Å²) in [4.78, 5) is 20.3. The van der Waals surface area contributed by atoms with Crippen molar-refractivity contribution in [2.24, 2.45) is 0 Å². The van der Waals surface area contributed by atoms with E-state index in [0.717, 1.165) is 72.2 Å². The molecule has 4 nitrogen and oxygen atoms in total. The first-order valence-electron chi connectivity index (χ1n) is 14.9. The van der Waals surface area contributed by atoms with Gasteiger partial charge in [0.15, 0.2) is 5.82 Å². The normalized spacial score (nSPS) is 12.0. The summed E-state index contributed by atoms with van der Waals surface area (Å²) >= 11 is 0. The summed E-state index contributed by atoms with van der Waals surface area (Å²) in [5.41, 5.74) is 10.3. The summed E-state index contributed by atoms with van der Waals surface area (Å²) in [5.74, 6) is 1.12. The lowest BCUT2D eigenvalue weighted by molar-refractivity contribution is 0.575. The van der Waals surface area contributed by atoms with Crippen molar-refractivity contribution < 1.29 is 0 Å². The summed E-state index contributed by atoms with van der Waals surface area (Å²) in [6, 6.07) is 36.0. The standard InChI is InChI=1S/C39H34N4/c1-24(2)31-22-29-17-16-28-20-30(23-40-35(28)36(29)42-34(31)25-12-8-6-9-13-25)27-18-19-33-32(21-27)37(39(3,4)5)43-38(41-33)26-14-10-7-11-15-26/h6-24H,1-5H3. The first kappa shape index (κ1) is 26.9. The molecule has 4 aromatic carbocycles. The molecule has 4 heteroatoms. The molecule has 7 aromatic rings. The molecule has 0 spiro atoms. The van der Waals surface area contributed by atoms with Gasteiger partial charge in [0.25, 0.3) is 0 Å². The Morgan fingerprint density at radius 2 is 1.26 bits per heavy atom. The second-order valence-electron chi connectivity index (χ2n) is 12.6. The van der Waals surface area contributed by atoms with Gasteiger partial charge in [0.1, 0.15) is 0 Å². The third-order valence-corrected chi connectivity index (χ3v) is 8.11. The van der Waals surface area contributed by atoms with Crippen LogP contribution in [0.5, 0.6) is 0 Å². The van der Waals surface area contributed by atoms with Crippen molar-refractivity contribution >= 4 is 32.7 Å². The molecule has 3 heterocycles. The van der Waals surface area contributed by atoms with E-state index >= 15 is 0 Å². The van der Waals surface area contributed by atoms with Crippen LogP contribution >= 0.6 is 0 Å². The van der Waals surface area contributed by atoms with E-state index < -0.39 is 0 Å². The molecular weight excluding hydrogens is 524 g/mol. The van der Waals surface area contributed by atoms with Gasteiger partial charge >= 0.3 is 0 Å². The fourth-order valence-electron chi connectivity index (χ4n) is 5.87. The number of aromatic nitrogens is 4. The van der Waals surface area contributed by atoms with Crippen molar-refractivity contribution in [3.05, 3.63) is 121 Å². The minimum atomic E-state index is -0.152. The van der Waals surface area contributed by atoms with Crippen molar-refractivity contribution in [2.45, 2.75) is 46.0 Å². The average molecular weight is 559 g/mol. The topological polar surface area (TPSA) is 51.6 Å². The van der Waals surface area contributed by atoms with Crippen molar-refractivity contribution in [1.29, 1.82) is 0 Å². The van der Waals surface area contributed by atoms with Gasteiger partial charge in [-0.3, -0.25) is 4.98 Å². The largest absolute Gasteiger partial charge is 0.253 e. The number of nitrogens with zero attached hydrogens (tertiary/aromatic N) is 4. The van der Waals surface area contributed by atoms with Gasteiger partial charge in [0, 0.05) is 44.5 Å². The zero-order valence-corrected chi connectivity index (χ0v) is 25.3. The minimum Gasteiger partial charge on any atom is -0.253 e. The van der Waals surface area contributed by atoms with Gasteiger partial charge < -0.3 is 0 Å². The quantitative estimate of drug-likeness (QED) is 0.202. The third kappa shape index (κ3) is 4.93. The van der Waals surface area contributed by atoms with Gasteiger partial charge in [0.2, 0.25) is 0 Å². The van der Waals surface area contributed by atoms with Crippen LogP contribution in [0.3, 0.4) is 0 Å². The highest BCUT2D eigenvalue weighted by molar-refractivity contribution is 6.05. The van der Waals surface area contributed by atoms with Crippen molar-refractivity contribution in [3.8, 4) is 33.8 Å². The molecule has 43 heavy (non-hydrogen) atoms. The number of hydrogen-bond acceptors (Lipinski definition) is 4. The van der Waals surface area contributed by atoms with Gasteiger partial charge in [-0.2, -0.15) is 0 Å². The van der Waals surface area contributed by atoms with Gasteiger partial charge in [-0.15, -0.1) is 0 Å². The van der Waals surface area contributed by atoms with Crippen molar-refractivity contribution in [2.75, 3.05) is 0 Å². The molecule has 0 saturated carbocycles. The Bertz CT molecular complexity index is 2130. The molecule has 7 rings (SSSR count). The maximum Gasteiger partial charge on any atom is 0.160 e. The first-order valence-corrected chi connectivity index (χ1v) is 14.9. The predicted molar refractivity (Wildman–Crippen MR) is 179 cm³/mol. The molecule has 0 amide bonds. The van der Waals surface area contributed by atoms with Gasteiger partial charge in [0.05, 0.1) is 27.9 Å². The molecule has 0 N–H and O–H groups in total. The van der Waals surface area contributed by atoms with E-state index in [9.17, 15) is 0 Å². The van der Waals surface area contributed by atoms with Gasteiger partial charge in [-0.05, 0) is 41.3 Å². The van der Waals surface area contributed by atoms with Crippen LogP contribution in [-0.2, 0) is 5.41 Å². The molecule has 0 aliphatic carbocycles. The van der Waals surface area contributed by atoms with E-state index in [0.29, 0.717) is 5.92 Å². The Labute approximate surface area is 252 Å². The zero-order chi connectivity index (χ0) is 29.7. The maximum absolute atomic E-state index is 5.23. The summed E-state index contributed by atoms with van der Waals surface area (Å²) in [5, 5.41) is 3.25. The van der Waals surface area contributed by atoms with Crippen LogP contribution in [0, 0.1) is 0 Å². The van der Waals surface area contributed by atoms with E-state index in [1.807, 2.05) is 30.5 Å². The SMILES string of the molecule is CC(C)c1cc2ccc3cc(-c4ccc5nc(-c6ccccc6)nc(C(C)(C)C)c5c4)cnc3c2nc1-c1ccccc1. The number of benzene rings is 4. The smallest absolute Gasteiger partial charge is 0.160 e. The summed E-state index contributed by atoms with van der Waals surface area (Å²) in [7, 11) is 0. The zero-order valence-electron chi connectivity index (χ0n) is 25.3. The molecule has 0 atom stereocenters. The highest BCUT2D eigenvalue weighted by atomic mass is 14.9. The van der Waals surface area contributed by atoms with Crippen LogP contribution in [0.1, 0.15) is 51.8 Å². The summed E-state index contributed by atoms with van der Waals surface area (Å²) in [6.45, 7) is 11.1. The van der Waals surface area contributed by atoms with Gasteiger partial charge in [-0.25, -0.2) is 15.0 Å². The Hall–Kier alpha value is -4.96. The lowest BCUT2D eigenvalue weighted by atomic mass is 9.88. The van der Waals surface area contributed by atoms with Gasteiger partial charge in [-0.1, -0.05) is 113 Å². The fourth-order valence-corrected chi connectivity index (χ4v) is 5.87. The molecule has 0 aliphatic rings. The van der Waals surface area contributed by atoms with Crippen LogP contribution < -0.4 is 0 Å². The van der Waals surface area contributed by atoms with E-state index in [1.165, 1.54) is 5.56 Å².